The number of aromatic nitrogens is 1. The molecule has 0 bridgehead atoms. The summed E-state index contributed by atoms with van der Waals surface area (Å²) in [7, 11) is 3.38. The van der Waals surface area contributed by atoms with Crippen LogP contribution in [0.1, 0.15) is 69.0 Å². The maximum absolute atomic E-state index is 12.8. The predicted octanol–water partition coefficient (Wildman–Crippen LogP) is 5.10. The molecule has 0 radical (unpaired) electrons. The van der Waals surface area contributed by atoms with Gasteiger partial charge in [0.15, 0.2) is 5.75 Å². The van der Waals surface area contributed by atoms with Crippen LogP contribution in [0.25, 0.3) is 0 Å². The summed E-state index contributed by atoms with van der Waals surface area (Å²) >= 11 is 6.02. The Morgan fingerprint density at radius 1 is 1.28 bits per heavy atom. The summed E-state index contributed by atoms with van der Waals surface area (Å²) < 4.78 is 11.8. The minimum Gasteiger partial charge on any atom is -0.424 e. The molecule has 0 amide bonds. The molecule has 198 valence electrons. The van der Waals surface area contributed by atoms with Crippen molar-refractivity contribution in [2.75, 3.05) is 20.7 Å². The van der Waals surface area contributed by atoms with Crippen molar-refractivity contribution < 1.29 is 24.3 Å². The lowest BCUT2D eigenvalue weighted by Gasteiger charge is -2.39. The van der Waals surface area contributed by atoms with Gasteiger partial charge in [-0.1, -0.05) is 35.8 Å². The molecule has 0 unspecified atom stereocenters. The molecule has 10 heteroatoms. The fourth-order valence-electron chi connectivity index (χ4n) is 3.77. The smallest absolute Gasteiger partial charge is 0.311 e. The molecule has 36 heavy (non-hydrogen) atoms. The molecular weight excluding hydrogens is 484 g/mol. The van der Waals surface area contributed by atoms with Gasteiger partial charge >= 0.3 is 5.97 Å². The number of hydroxylamine groups is 1. The SMILES string of the molecule is Cc1ncc2c(c1OC(=O)C[C@@H](C)CCON(C)N(O)N(C)C(C)(C)C)CO[C@H]2c1ccc(Cl)cc1. The number of nitrogens with zero attached hydrogens (tertiary/aromatic N) is 4. The Hall–Kier alpha value is -2.11. The summed E-state index contributed by atoms with van der Waals surface area (Å²) in [5, 5.41) is 14.7. The van der Waals surface area contributed by atoms with Gasteiger partial charge in [-0.15, -0.1) is 0 Å². The monoisotopic (exact) mass is 520 g/mol. The fraction of sp³-hybridized carbons (Fsp3) is 0.538. The van der Waals surface area contributed by atoms with Crippen LogP contribution in [0, 0.1) is 12.8 Å². The van der Waals surface area contributed by atoms with E-state index in [9.17, 15) is 10.0 Å². The lowest BCUT2D eigenvalue weighted by atomic mass is 10.00. The Morgan fingerprint density at radius 2 is 1.94 bits per heavy atom. The van der Waals surface area contributed by atoms with Crippen LogP contribution in [0.5, 0.6) is 5.75 Å². The maximum Gasteiger partial charge on any atom is 0.311 e. The molecule has 2 atom stereocenters. The van der Waals surface area contributed by atoms with Gasteiger partial charge in [0.1, 0.15) is 6.10 Å². The summed E-state index contributed by atoms with van der Waals surface area (Å²) in [5.74, 6) is 0.153. The van der Waals surface area contributed by atoms with Crippen LogP contribution in [-0.4, -0.2) is 57.9 Å². The van der Waals surface area contributed by atoms with Crippen molar-refractivity contribution in [3.63, 3.8) is 0 Å². The van der Waals surface area contributed by atoms with E-state index in [0.29, 0.717) is 36.1 Å². The van der Waals surface area contributed by atoms with Gasteiger partial charge in [-0.05, 0) is 63.0 Å². The van der Waals surface area contributed by atoms with E-state index in [0.717, 1.165) is 22.0 Å². The molecule has 1 aromatic heterocycles. The van der Waals surface area contributed by atoms with E-state index in [2.05, 4.69) is 4.98 Å². The molecule has 2 heterocycles. The second-order valence-corrected chi connectivity index (χ2v) is 10.6. The van der Waals surface area contributed by atoms with Crippen molar-refractivity contribution in [3.8, 4) is 5.75 Å². The van der Waals surface area contributed by atoms with Gasteiger partial charge in [-0.3, -0.25) is 19.8 Å². The van der Waals surface area contributed by atoms with E-state index in [1.54, 1.807) is 25.3 Å². The average molecular weight is 521 g/mol. The number of carbonyl (C=O) groups is 1. The number of fused-ring (bicyclic) bond motifs is 1. The van der Waals surface area contributed by atoms with Crippen LogP contribution in [-0.2, 0) is 21.0 Å². The van der Waals surface area contributed by atoms with Crippen LogP contribution in [0.2, 0.25) is 5.02 Å². The summed E-state index contributed by atoms with van der Waals surface area (Å²) in [6.45, 7) is 10.4. The zero-order chi connectivity index (χ0) is 26.6. The van der Waals surface area contributed by atoms with Crippen molar-refractivity contribution in [2.45, 2.75) is 65.7 Å². The average Bonchev–Trinajstić information content (AvgIpc) is 3.24. The number of rotatable bonds is 10. The lowest BCUT2D eigenvalue weighted by molar-refractivity contribution is -0.460. The number of hydrogen-bond donors (Lipinski definition) is 1. The van der Waals surface area contributed by atoms with Crippen molar-refractivity contribution in [2.24, 2.45) is 5.92 Å². The molecule has 0 saturated heterocycles. The Kier molecular flexibility index (Phi) is 9.45. The first kappa shape index (κ1) is 28.5. The Morgan fingerprint density at radius 3 is 2.58 bits per heavy atom. The molecule has 1 aliphatic rings. The molecule has 0 fully saturated rings. The number of benzene rings is 1. The van der Waals surface area contributed by atoms with E-state index < -0.39 is 0 Å². The second-order valence-electron chi connectivity index (χ2n) is 10.2. The number of halogens is 1. The maximum atomic E-state index is 12.8. The van der Waals surface area contributed by atoms with Gasteiger partial charge in [-0.2, -0.15) is 5.01 Å². The van der Waals surface area contributed by atoms with Crippen molar-refractivity contribution in [1.29, 1.82) is 0 Å². The topological polar surface area (TPSA) is 87.6 Å². The molecule has 0 aliphatic carbocycles. The highest BCUT2D eigenvalue weighted by atomic mass is 35.5. The van der Waals surface area contributed by atoms with Gasteiger partial charge in [0.05, 0.1) is 18.9 Å². The third-order valence-electron chi connectivity index (χ3n) is 6.31. The van der Waals surface area contributed by atoms with Crippen molar-refractivity contribution in [3.05, 3.63) is 57.9 Å². The van der Waals surface area contributed by atoms with Gasteiger partial charge in [0.25, 0.3) is 0 Å². The summed E-state index contributed by atoms with van der Waals surface area (Å²) in [4.78, 5) is 22.8. The Labute approximate surface area is 218 Å². The zero-order valence-electron chi connectivity index (χ0n) is 22.1. The summed E-state index contributed by atoms with van der Waals surface area (Å²) in [5.41, 5.74) is 3.07. The van der Waals surface area contributed by atoms with E-state index in [1.807, 2.05) is 58.9 Å². The standard InChI is InChI=1S/C26H37ClN4O5/c1-17(12-13-35-30(7)31(33)29(6)26(3,4)5)14-23(32)36-24-18(2)28-15-21-22(24)16-34-25(21)19-8-10-20(27)11-9-19/h8-11,15,17,25,33H,12-14,16H2,1-7H3/t17-,25-/m0/s1. The van der Waals surface area contributed by atoms with Crippen LogP contribution < -0.4 is 4.74 Å². The van der Waals surface area contributed by atoms with Gasteiger partial charge in [0, 0.05) is 48.4 Å². The molecule has 1 aliphatic heterocycles. The largest absolute Gasteiger partial charge is 0.424 e. The van der Waals surface area contributed by atoms with Gasteiger partial charge in [0.2, 0.25) is 0 Å². The first-order chi connectivity index (χ1) is 16.9. The Balaban J connectivity index is 1.55. The first-order valence-electron chi connectivity index (χ1n) is 12.0. The fourth-order valence-corrected chi connectivity index (χ4v) is 3.90. The van der Waals surface area contributed by atoms with E-state index >= 15 is 0 Å². The quantitative estimate of drug-likeness (QED) is 0.339. The molecule has 3 rings (SSSR count). The van der Waals surface area contributed by atoms with Gasteiger partial charge < -0.3 is 9.47 Å². The molecular formula is C26H37ClN4O5. The summed E-state index contributed by atoms with van der Waals surface area (Å²) in [6, 6.07) is 7.49. The lowest BCUT2D eigenvalue weighted by Crippen LogP contribution is -2.55. The zero-order valence-corrected chi connectivity index (χ0v) is 22.9. The minimum absolute atomic E-state index is 0.0153. The molecule has 9 nitrogen and oxygen atoms in total. The molecule has 1 N–H and O–H groups in total. The molecule has 1 aromatic carbocycles. The molecule has 0 saturated carbocycles. The van der Waals surface area contributed by atoms with E-state index in [4.69, 9.17) is 25.9 Å². The normalized spacial score (nSPS) is 16.6. The number of aryl methyl sites for hydroxylation is 1. The predicted molar refractivity (Wildman–Crippen MR) is 136 cm³/mol. The number of ether oxygens (including phenoxy) is 2. The van der Waals surface area contributed by atoms with Crippen molar-refractivity contribution >= 4 is 17.6 Å². The van der Waals surface area contributed by atoms with Gasteiger partial charge in [-0.25, -0.2) is 0 Å². The second kappa shape index (κ2) is 12.0. The first-order valence-corrected chi connectivity index (χ1v) is 12.4. The van der Waals surface area contributed by atoms with Crippen LogP contribution in [0.3, 0.4) is 0 Å². The molecule has 0 spiro atoms. The van der Waals surface area contributed by atoms with Crippen molar-refractivity contribution in [1.82, 2.24) is 20.4 Å². The number of esters is 1. The Bertz CT molecular complexity index is 1040. The van der Waals surface area contributed by atoms with E-state index in [-0.39, 0.29) is 30.0 Å². The highest BCUT2D eigenvalue weighted by molar-refractivity contribution is 6.30. The van der Waals surface area contributed by atoms with Crippen LogP contribution >= 0.6 is 11.6 Å². The number of pyridine rings is 1. The minimum atomic E-state index is -0.333. The number of carbonyl (C=O) groups excluding carboxylic acids is 1. The van der Waals surface area contributed by atoms with Crippen LogP contribution in [0.4, 0.5) is 0 Å². The third kappa shape index (κ3) is 7.01. The molecule has 2 aromatic rings. The van der Waals surface area contributed by atoms with Crippen LogP contribution in [0.15, 0.2) is 30.5 Å². The highest BCUT2D eigenvalue weighted by Crippen LogP contribution is 2.41. The third-order valence-corrected chi connectivity index (χ3v) is 6.56. The summed E-state index contributed by atoms with van der Waals surface area (Å²) in [6.07, 6.45) is 2.34. The number of hydrazine groups is 2. The van der Waals surface area contributed by atoms with E-state index in [1.165, 1.54) is 5.17 Å². The number of hydrogen-bond acceptors (Lipinski definition) is 9. The highest BCUT2D eigenvalue weighted by Gasteiger charge is 2.30.